The molecule has 0 unspecified atom stereocenters. The Morgan fingerprint density at radius 2 is 1.69 bits per heavy atom. The molecular formula is C23H27ClF3N2O4S2+. The van der Waals surface area contributed by atoms with Crippen LogP contribution in [0.2, 0.25) is 5.02 Å². The molecule has 1 saturated heterocycles. The summed E-state index contributed by atoms with van der Waals surface area (Å²) in [6, 6.07) is 7.47. The molecule has 0 aromatic heterocycles. The number of halogens is 4. The molecule has 3 rings (SSSR count). The number of benzene rings is 2. The van der Waals surface area contributed by atoms with Crippen molar-refractivity contribution in [2.24, 2.45) is 0 Å². The number of anilines is 1. The predicted octanol–water partition coefficient (Wildman–Crippen LogP) is 5.54. The van der Waals surface area contributed by atoms with E-state index in [0.717, 1.165) is 6.07 Å². The Morgan fingerprint density at radius 1 is 1.11 bits per heavy atom. The first-order valence-corrected chi connectivity index (χ1v) is 13.2. The number of sulfone groups is 1. The van der Waals surface area contributed by atoms with Crippen LogP contribution in [0.1, 0.15) is 39.2 Å². The van der Waals surface area contributed by atoms with Crippen LogP contribution in [0.25, 0.3) is 11.1 Å². The van der Waals surface area contributed by atoms with Crippen LogP contribution >= 0.6 is 11.6 Å². The Labute approximate surface area is 213 Å². The smallest absolute Gasteiger partial charge is 0.417 e. The van der Waals surface area contributed by atoms with Gasteiger partial charge in [-0.1, -0.05) is 23.7 Å². The minimum atomic E-state index is -4.68. The number of hydrogen-bond acceptors (Lipinski definition) is 5. The first kappa shape index (κ1) is 27.5. The van der Waals surface area contributed by atoms with E-state index in [1.807, 2.05) is 0 Å². The van der Waals surface area contributed by atoms with E-state index in [1.165, 1.54) is 35.2 Å². The molecule has 1 aliphatic rings. The number of piperidine rings is 1. The molecule has 0 radical (unpaired) electrons. The van der Waals surface area contributed by atoms with Gasteiger partial charge >= 0.3 is 12.3 Å². The normalized spacial score (nSPS) is 15.7. The first-order chi connectivity index (χ1) is 16.1. The zero-order valence-electron chi connectivity index (χ0n) is 19.4. The minimum absolute atomic E-state index is 0.0000872. The maximum Gasteiger partial charge on any atom is 0.417 e. The summed E-state index contributed by atoms with van der Waals surface area (Å²) in [5.74, 6) is 0. The average molecular weight is 552 g/mol. The highest BCUT2D eigenvalue weighted by Crippen LogP contribution is 2.43. The third-order valence-corrected chi connectivity index (χ3v) is 8.41. The van der Waals surface area contributed by atoms with E-state index in [9.17, 15) is 26.4 Å². The highest BCUT2D eigenvalue weighted by molar-refractivity contribution is 7.92. The van der Waals surface area contributed by atoms with Gasteiger partial charge in [-0.05, 0) is 63.4 Å². The largest absolute Gasteiger partial charge is 0.444 e. The van der Waals surface area contributed by atoms with Crippen LogP contribution in [0, 0.1) is 0 Å². The van der Waals surface area contributed by atoms with Gasteiger partial charge in [0.1, 0.15) is 5.60 Å². The summed E-state index contributed by atoms with van der Waals surface area (Å²) >= 11 is 9.11. The minimum Gasteiger partial charge on any atom is -0.444 e. The van der Waals surface area contributed by atoms with Gasteiger partial charge in [-0.25, -0.2) is 17.9 Å². The topological polar surface area (TPSA) is 75.7 Å². The number of likely N-dealkylation sites (tertiary alicyclic amines) is 1. The second-order valence-corrected chi connectivity index (χ2v) is 12.1. The maximum absolute atomic E-state index is 13.7. The van der Waals surface area contributed by atoms with Gasteiger partial charge in [-0.15, -0.1) is 0 Å². The van der Waals surface area contributed by atoms with Crippen LogP contribution in [-0.2, 0) is 33.6 Å². The van der Waals surface area contributed by atoms with Crippen LogP contribution in [0.5, 0.6) is 0 Å². The monoisotopic (exact) mass is 551 g/mol. The van der Waals surface area contributed by atoms with Crippen molar-refractivity contribution in [3.8, 4) is 11.1 Å². The van der Waals surface area contributed by atoms with E-state index in [-0.39, 0.29) is 52.7 Å². The molecule has 0 atom stereocenters. The van der Waals surface area contributed by atoms with Gasteiger partial charge in [-0.2, -0.15) is 13.2 Å². The highest BCUT2D eigenvalue weighted by atomic mass is 35.5. The number of nitrogens with zero attached hydrogens (tertiary/aromatic N) is 1. The van der Waals surface area contributed by atoms with E-state index < -0.39 is 38.5 Å². The van der Waals surface area contributed by atoms with E-state index in [2.05, 4.69) is 17.5 Å². The number of rotatable bonds is 4. The molecular weight excluding hydrogens is 525 g/mol. The molecule has 1 amide bonds. The van der Waals surface area contributed by atoms with E-state index in [4.69, 9.17) is 16.3 Å². The van der Waals surface area contributed by atoms with Crippen molar-refractivity contribution in [1.82, 2.24) is 4.90 Å². The summed E-state index contributed by atoms with van der Waals surface area (Å²) in [6.45, 7) is 5.72. The molecule has 1 N–H and O–H groups in total. The molecule has 0 saturated carbocycles. The van der Waals surface area contributed by atoms with Gasteiger partial charge in [0.25, 0.3) is 0 Å². The second kappa shape index (κ2) is 10.1. The van der Waals surface area contributed by atoms with Crippen LogP contribution in [0.3, 0.4) is 0 Å². The lowest BCUT2D eigenvalue weighted by Gasteiger charge is -2.33. The van der Waals surface area contributed by atoms with Crippen molar-refractivity contribution < 1.29 is 31.1 Å². The number of alkyl halides is 3. The fourth-order valence-corrected chi connectivity index (χ4v) is 6.08. The summed E-state index contributed by atoms with van der Waals surface area (Å²) in [5.41, 5.74) is -1.57. The third kappa shape index (κ3) is 6.37. The van der Waals surface area contributed by atoms with Crippen molar-refractivity contribution >= 4 is 46.0 Å². The molecule has 2 aromatic carbocycles. The van der Waals surface area contributed by atoms with Crippen LogP contribution < -0.4 is 4.72 Å². The molecule has 0 aliphatic carbocycles. The van der Waals surface area contributed by atoms with Crippen LogP contribution in [-0.4, -0.2) is 43.4 Å². The highest BCUT2D eigenvalue weighted by Gasteiger charge is 2.37. The molecule has 35 heavy (non-hydrogen) atoms. The molecule has 12 heteroatoms. The number of carbonyl (C=O) groups is 1. The molecule has 1 aliphatic heterocycles. The quantitative estimate of drug-likeness (QED) is 0.505. The summed E-state index contributed by atoms with van der Waals surface area (Å²) < 4.78 is 75.2. The van der Waals surface area contributed by atoms with Gasteiger partial charge in [0.2, 0.25) is 0 Å². The number of carbonyl (C=O) groups excluding carboxylic acids is 1. The Kier molecular flexibility index (Phi) is 7.93. The number of hydrogen-bond donors (Lipinski definition) is 1. The van der Waals surface area contributed by atoms with Gasteiger partial charge in [-0.3, -0.25) is 0 Å². The van der Waals surface area contributed by atoms with E-state index in [0.29, 0.717) is 0 Å². The molecule has 192 valence electrons. The van der Waals surface area contributed by atoms with E-state index in [1.54, 1.807) is 20.8 Å². The molecule has 1 fully saturated rings. The maximum atomic E-state index is 13.7. The summed E-state index contributed by atoms with van der Waals surface area (Å²) in [7, 11) is -3.75. The number of amides is 1. The molecule has 6 nitrogen and oxygen atoms in total. The van der Waals surface area contributed by atoms with Crippen molar-refractivity contribution in [3.05, 3.63) is 47.0 Å². The SMILES string of the molecule is CC(C)(C)OC(=O)N1CCC(S(=O)(=O)c2ccc(-c3c(Cl)cc(N[SH2+])cc3C(F)(F)F)cc2)CC1. The van der Waals surface area contributed by atoms with Gasteiger partial charge in [0, 0.05) is 18.7 Å². The van der Waals surface area contributed by atoms with Gasteiger partial charge < -0.3 is 9.64 Å². The fourth-order valence-electron chi connectivity index (χ4n) is 3.87. The zero-order chi connectivity index (χ0) is 26.2. The fraction of sp³-hybridized carbons (Fsp3) is 0.435. The van der Waals surface area contributed by atoms with Crippen LogP contribution in [0.4, 0.5) is 23.7 Å². The lowest BCUT2D eigenvalue weighted by atomic mass is 9.98. The van der Waals surface area contributed by atoms with Gasteiger partial charge in [0.05, 0.1) is 39.2 Å². The van der Waals surface area contributed by atoms with E-state index >= 15 is 0 Å². The van der Waals surface area contributed by atoms with Crippen molar-refractivity contribution in [1.29, 1.82) is 0 Å². The molecule has 2 aromatic rings. The predicted molar refractivity (Wildman–Crippen MR) is 134 cm³/mol. The Balaban J connectivity index is 1.82. The van der Waals surface area contributed by atoms with Crippen molar-refractivity contribution in [2.75, 3.05) is 17.8 Å². The summed E-state index contributed by atoms with van der Waals surface area (Å²) in [5, 5.41) is -0.851. The standard InChI is InChI=1S/C23H26ClF3N2O4S2/c1-22(2,3)33-21(30)29-10-8-17(9-11-29)35(31,32)16-6-4-14(5-7-16)20-18(23(25,26)27)12-15(28-34)13-19(20)24/h4-7,12-13,17,28,34H,8-11H2,1-3H3/p+1. The lowest BCUT2D eigenvalue weighted by molar-refractivity contribution is -0.137. The number of nitrogens with one attached hydrogen (secondary N) is 1. The van der Waals surface area contributed by atoms with Gasteiger partial charge in [0.15, 0.2) is 9.84 Å². The Morgan fingerprint density at radius 3 is 2.17 bits per heavy atom. The summed E-state index contributed by atoms with van der Waals surface area (Å²) in [4.78, 5) is 13.7. The Hall–Kier alpha value is -2.11. The molecule has 0 bridgehead atoms. The molecule has 1 heterocycles. The first-order valence-electron chi connectivity index (χ1n) is 10.8. The molecule has 0 spiro atoms. The van der Waals surface area contributed by atoms with Crippen molar-refractivity contribution in [3.63, 3.8) is 0 Å². The van der Waals surface area contributed by atoms with Crippen molar-refractivity contribution in [2.45, 2.75) is 55.5 Å². The third-order valence-electron chi connectivity index (χ3n) is 5.54. The average Bonchev–Trinajstić information content (AvgIpc) is 2.77. The Bertz CT molecular complexity index is 1190. The van der Waals surface area contributed by atoms with Crippen LogP contribution in [0.15, 0.2) is 41.3 Å². The second-order valence-electron chi connectivity index (χ2n) is 9.24. The number of ether oxygens (including phenoxy) is 1. The zero-order valence-corrected chi connectivity index (χ0v) is 21.9. The lowest BCUT2D eigenvalue weighted by Crippen LogP contribution is -2.44. The summed E-state index contributed by atoms with van der Waals surface area (Å²) in [6.07, 6.45) is -4.70.